The second-order valence-corrected chi connectivity index (χ2v) is 5.17. The van der Waals surface area contributed by atoms with Crippen molar-refractivity contribution in [2.24, 2.45) is 0 Å². The molecule has 0 aliphatic carbocycles. The predicted molar refractivity (Wildman–Crippen MR) is 70.0 cm³/mol. The summed E-state index contributed by atoms with van der Waals surface area (Å²) in [6, 6.07) is 3.59. The molecule has 0 spiro atoms. The number of halogens is 4. The van der Waals surface area contributed by atoms with Crippen LogP contribution in [0.1, 0.15) is 10.4 Å². The molecule has 0 fully saturated rings. The molecular formula is C8H4Br2ClIO. The number of hydrogen-bond donors (Lipinski definition) is 0. The lowest BCUT2D eigenvalue weighted by Gasteiger charge is -2.04. The van der Waals surface area contributed by atoms with Gasteiger partial charge in [-0.1, -0.05) is 27.5 Å². The van der Waals surface area contributed by atoms with Crippen LogP contribution < -0.4 is 0 Å². The van der Waals surface area contributed by atoms with Gasteiger partial charge in [0.2, 0.25) is 0 Å². The number of rotatable bonds is 2. The molecule has 5 heteroatoms. The smallest absolute Gasteiger partial charge is 0.174 e. The highest BCUT2D eigenvalue weighted by atomic mass is 127. The molecule has 0 heterocycles. The fraction of sp³-hybridized carbons (Fsp3) is 0.125. The zero-order chi connectivity index (χ0) is 10.0. The van der Waals surface area contributed by atoms with Gasteiger partial charge in [0.15, 0.2) is 5.78 Å². The average Bonchev–Trinajstić information content (AvgIpc) is 2.13. The van der Waals surface area contributed by atoms with Crippen molar-refractivity contribution in [3.63, 3.8) is 0 Å². The molecule has 13 heavy (non-hydrogen) atoms. The van der Waals surface area contributed by atoms with Crippen molar-refractivity contribution < 1.29 is 4.79 Å². The minimum atomic E-state index is -0.0119. The molecule has 1 nitrogen and oxygen atoms in total. The normalized spacial score (nSPS) is 10.2. The minimum absolute atomic E-state index is 0.0119. The fourth-order valence-electron chi connectivity index (χ4n) is 0.813. The number of alkyl halides is 1. The Kier molecular flexibility index (Phi) is 4.68. The van der Waals surface area contributed by atoms with Crippen molar-refractivity contribution in [2.45, 2.75) is 0 Å². The summed E-state index contributed by atoms with van der Waals surface area (Å²) in [5.41, 5.74) is 0.547. The molecule has 0 saturated heterocycles. The van der Waals surface area contributed by atoms with E-state index < -0.39 is 0 Å². The first-order valence-electron chi connectivity index (χ1n) is 3.30. The van der Waals surface area contributed by atoms with Crippen LogP contribution >= 0.6 is 66.1 Å². The molecule has 1 aromatic carbocycles. The highest BCUT2D eigenvalue weighted by molar-refractivity contribution is 14.1. The Morgan fingerprint density at radius 2 is 2.15 bits per heavy atom. The van der Waals surface area contributed by atoms with E-state index in [1.54, 1.807) is 6.07 Å². The Morgan fingerprint density at radius 3 is 2.69 bits per heavy atom. The number of hydrogen-bond acceptors (Lipinski definition) is 1. The lowest BCUT2D eigenvalue weighted by atomic mass is 10.1. The van der Waals surface area contributed by atoms with E-state index in [0.717, 1.165) is 8.04 Å². The first-order chi connectivity index (χ1) is 6.07. The van der Waals surface area contributed by atoms with Crippen molar-refractivity contribution >= 4 is 71.8 Å². The van der Waals surface area contributed by atoms with Crippen LogP contribution in [0.15, 0.2) is 16.6 Å². The Hall–Kier alpha value is 0.870. The molecule has 0 amide bonds. The average molecular weight is 438 g/mol. The van der Waals surface area contributed by atoms with Crippen LogP contribution in [0.4, 0.5) is 0 Å². The summed E-state index contributed by atoms with van der Waals surface area (Å²) in [4.78, 5) is 11.3. The molecule has 0 unspecified atom stereocenters. The van der Waals surface area contributed by atoms with E-state index in [2.05, 4.69) is 54.5 Å². The lowest BCUT2D eigenvalue weighted by molar-refractivity contribution is 0.102. The molecule has 1 rings (SSSR count). The van der Waals surface area contributed by atoms with Crippen molar-refractivity contribution in [1.29, 1.82) is 0 Å². The van der Waals surface area contributed by atoms with Gasteiger partial charge < -0.3 is 0 Å². The Labute approximate surface area is 112 Å². The van der Waals surface area contributed by atoms with Crippen LogP contribution in [0.2, 0.25) is 5.02 Å². The SMILES string of the molecule is O=C(CBr)c1ccc(I)c(Br)c1Cl. The van der Waals surface area contributed by atoms with Gasteiger partial charge in [-0.15, -0.1) is 0 Å². The second-order valence-electron chi connectivity index (χ2n) is 2.28. The molecule has 0 bridgehead atoms. The number of ketones is 1. The molecule has 0 radical (unpaired) electrons. The Balaban J connectivity index is 3.26. The first kappa shape index (κ1) is 11.9. The van der Waals surface area contributed by atoms with Crippen LogP contribution in [-0.4, -0.2) is 11.1 Å². The van der Waals surface area contributed by atoms with Gasteiger partial charge in [-0.25, -0.2) is 0 Å². The largest absolute Gasteiger partial charge is 0.293 e. The molecule has 70 valence electrons. The van der Waals surface area contributed by atoms with Gasteiger partial charge in [-0.05, 0) is 50.7 Å². The molecule has 0 saturated carbocycles. The summed E-state index contributed by atoms with van der Waals surface area (Å²) in [5.74, 6) is -0.0119. The summed E-state index contributed by atoms with van der Waals surface area (Å²) < 4.78 is 1.77. The molecule has 0 atom stereocenters. The van der Waals surface area contributed by atoms with Crippen molar-refractivity contribution in [2.75, 3.05) is 5.33 Å². The topological polar surface area (TPSA) is 17.1 Å². The predicted octanol–water partition coefficient (Wildman–Crippen LogP) is 4.28. The molecular weight excluding hydrogens is 434 g/mol. The number of Topliss-reactive ketones (excluding diaryl/α,β-unsaturated/α-hetero) is 1. The van der Waals surface area contributed by atoms with Crippen molar-refractivity contribution in [3.05, 3.63) is 30.8 Å². The van der Waals surface area contributed by atoms with Crippen LogP contribution in [-0.2, 0) is 0 Å². The molecule has 0 aliphatic heterocycles. The van der Waals surface area contributed by atoms with Crippen LogP contribution in [0.25, 0.3) is 0 Å². The van der Waals surface area contributed by atoms with E-state index in [1.807, 2.05) is 6.07 Å². The zero-order valence-corrected chi connectivity index (χ0v) is 12.4. The van der Waals surface area contributed by atoms with Gasteiger partial charge in [-0.2, -0.15) is 0 Å². The quantitative estimate of drug-likeness (QED) is 0.292. The fourth-order valence-corrected chi connectivity index (χ4v) is 2.34. The minimum Gasteiger partial charge on any atom is -0.293 e. The summed E-state index contributed by atoms with van der Waals surface area (Å²) in [7, 11) is 0. The molecule has 1 aromatic rings. The number of benzene rings is 1. The van der Waals surface area contributed by atoms with E-state index in [1.165, 1.54) is 0 Å². The lowest BCUT2D eigenvalue weighted by Crippen LogP contribution is -2.01. The summed E-state index contributed by atoms with van der Waals surface area (Å²) in [6.45, 7) is 0. The Morgan fingerprint density at radius 1 is 1.54 bits per heavy atom. The number of carbonyl (C=O) groups is 1. The first-order valence-corrected chi connectivity index (χ1v) is 6.67. The van der Waals surface area contributed by atoms with Gasteiger partial charge in [-0.3, -0.25) is 4.79 Å². The van der Waals surface area contributed by atoms with Crippen LogP contribution in [0.5, 0.6) is 0 Å². The number of carbonyl (C=O) groups excluding carboxylic acids is 1. The maximum absolute atomic E-state index is 11.3. The molecule has 0 N–H and O–H groups in total. The maximum Gasteiger partial charge on any atom is 0.174 e. The monoisotopic (exact) mass is 436 g/mol. The Bertz CT molecular complexity index is 354. The van der Waals surface area contributed by atoms with Crippen molar-refractivity contribution in [1.82, 2.24) is 0 Å². The molecule has 0 aromatic heterocycles. The van der Waals surface area contributed by atoms with Crippen LogP contribution in [0, 0.1) is 3.57 Å². The standard InChI is InChI=1S/C8H4Br2ClIO/c9-3-6(13)4-1-2-5(12)7(10)8(4)11/h1-2H,3H2. The van der Waals surface area contributed by atoms with E-state index in [0.29, 0.717) is 15.9 Å². The third kappa shape index (κ3) is 2.67. The van der Waals surface area contributed by atoms with E-state index in [-0.39, 0.29) is 5.78 Å². The van der Waals surface area contributed by atoms with Crippen molar-refractivity contribution in [3.8, 4) is 0 Å². The van der Waals surface area contributed by atoms with E-state index in [9.17, 15) is 4.79 Å². The maximum atomic E-state index is 11.3. The highest BCUT2D eigenvalue weighted by Gasteiger charge is 2.12. The third-order valence-electron chi connectivity index (χ3n) is 1.46. The van der Waals surface area contributed by atoms with Gasteiger partial charge >= 0.3 is 0 Å². The highest BCUT2D eigenvalue weighted by Crippen LogP contribution is 2.31. The summed E-state index contributed by atoms with van der Waals surface area (Å²) in [5, 5.41) is 0.774. The summed E-state index contributed by atoms with van der Waals surface area (Å²) >= 11 is 14.6. The van der Waals surface area contributed by atoms with E-state index >= 15 is 0 Å². The third-order valence-corrected chi connectivity index (χ3v) is 5.05. The van der Waals surface area contributed by atoms with Gasteiger partial charge in [0.1, 0.15) is 0 Å². The van der Waals surface area contributed by atoms with Gasteiger partial charge in [0.25, 0.3) is 0 Å². The zero-order valence-electron chi connectivity index (χ0n) is 6.28. The second kappa shape index (κ2) is 5.09. The van der Waals surface area contributed by atoms with Crippen LogP contribution in [0.3, 0.4) is 0 Å². The van der Waals surface area contributed by atoms with E-state index in [4.69, 9.17) is 11.6 Å². The van der Waals surface area contributed by atoms with Gasteiger partial charge in [0, 0.05) is 9.13 Å². The molecule has 0 aliphatic rings. The summed E-state index contributed by atoms with van der Waals surface area (Å²) in [6.07, 6.45) is 0. The van der Waals surface area contributed by atoms with Gasteiger partial charge in [0.05, 0.1) is 14.8 Å².